The molecule has 0 aliphatic heterocycles. The van der Waals surface area contributed by atoms with E-state index >= 15 is 0 Å². The van der Waals surface area contributed by atoms with Crippen LogP contribution in [0.15, 0.2) is 102 Å². The molecule has 0 atom stereocenters. The van der Waals surface area contributed by atoms with Crippen molar-refractivity contribution in [3.05, 3.63) is 139 Å². The minimum atomic E-state index is 0.376. The van der Waals surface area contributed by atoms with Crippen LogP contribution in [-0.4, -0.2) is 30.5 Å². The Bertz CT molecular complexity index is 2700. The van der Waals surface area contributed by atoms with Gasteiger partial charge in [-0.2, -0.15) is 10.5 Å². The molecule has 0 radical (unpaired) electrons. The summed E-state index contributed by atoms with van der Waals surface area (Å²) in [7, 11) is 3.05. The van der Waals surface area contributed by atoms with Crippen LogP contribution in [0.4, 0.5) is 22.7 Å². The quantitative estimate of drug-likeness (QED) is 0.143. The summed E-state index contributed by atoms with van der Waals surface area (Å²) in [5, 5.41) is 28.7. The lowest BCUT2D eigenvalue weighted by Gasteiger charge is -2.15. The lowest BCUT2D eigenvalue weighted by atomic mass is 10.0. The summed E-state index contributed by atoms with van der Waals surface area (Å²) in [6.45, 7) is 0. The third kappa shape index (κ3) is 8.55. The molecule has 0 aliphatic rings. The van der Waals surface area contributed by atoms with Crippen LogP contribution >= 0.6 is 62.3 Å². The fraction of sp³-hybridized carbons (Fsp3) is 0.0488. The summed E-state index contributed by atoms with van der Waals surface area (Å²) in [6.07, 6.45) is 3.85. The molecule has 2 aromatic heterocycles. The molecular weight excluding hydrogens is 846 g/mol. The summed E-state index contributed by atoms with van der Waals surface area (Å²) in [6, 6.07) is 29.6. The molecule has 0 saturated carbocycles. The van der Waals surface area contributed by atoms with Crippen LogP contribution in [0.1, 0.15) is 21.5 Å². The topological polar surface area (TPSA) is 133 Å². The number of hydrogen-bond donors (Lipinski definition) is 2. The minimum absolute atomic E-state index is 0.376. The first-order chi connectivity index (χ1) is 26.6. The molecule has 7 aromatic rings. The summed E-state index contributed by atoms with van der Waals surface area (Å²) in [5.74, 6) is 0.953. The van der Waals surface area contributed by atoms with Crippen LogP contribution in [0.3, 0.4) is 0 Å². The summed E-state index contributed by atoms with van der Waals surface area (Å²) in [4.78, 5) is 19.7. The van der Waals surface area contributed by atoms with Gasteiger partial charge in [-0.1, -0.05) is 98.7 Å². The average Bonchev–Trinajstić information content (AvgIpc) is 3.19. The molecule has 0 bridgehead atoms. The highest BCUT2D eigenvalue weighted by Gasteiger charge is 2.16. The maximum Gasteiger partial charge on any atom is 0.150 e. The molecule has 0 aliphatic carbocycles. The Morgan fingerprint density at radius 2 is 1.11 bits per heavy atom. The molecule has 2 N–H and O–H groups in total. The molecule has 7 rings (SSSR count). The van der Waals surface area contributed by atoms with Crippen molar-refractivity contribution in [1.29, 1.82) is 10.5 Å². The number of methoxy groups -OCH3 is 2. The molecule has 0 saturated heterocycles. The zero-order valence-corrected chi connectivity index (χ0v) is 33.3. The van der Waals surface area contributed by atoms with Gasteiger partial charge in [0.05, 0.1) is 79.2 Å². The molecule has 0 unspecified atom stereocenters. The molecule has 55 heavy (non-hydrogen) atoms. The first kappa shape index (κ1) is 39.1. The molecular formula is C41H25BrCl4N6O3. The molecule has 2 heterocycles. The summed E-state index contributed by atoms with van der Waals surface area (Å²) < 4.78 is 11.4. The van der Waals surface area contributed by atoms with Crippen molar-refractivity contribution in [3.8, 4) is 34.8 Å². The number of hydrogen-bond acceptors (Lipinski definition) is 9. The van der Waals surface area contributed by atoms with Gasteiger partial charge in [0.15, 0.2) is 0 Å². The molecule has 0 spiro atoms. The first-order valence-corrected chi connectivity index (χ1v) is 18.3. The molecule has 9 nitrogen and oxygen atoms in total. The van der Waals surface area contributed by atoms with Crippen LogP contribution in [0.2, 0.25) is 20.1 Å². The van der Waals surface area contributed by atoms with E-state index in [1.807, 2.05) is 48.5 Å². The van der Waals surface area contributed by atoms with Gasteiger partial charge in [0.25, 0.3) is 0 Å². The number of nitrogens with one attached hydrogen (secondary N) is 2. The summed E-state index contributed by atoms with van der Waals surface area (Å²) in [5.41, 5.74) is 7.11. The van der Waals surface area contributed by atoms with E-state index in [9.17, 15) is 15.3 Å². The fourth-order valence-electron chi connectivity index (χ4n) is 5.56. The van der Waals surface area contributed by atoms with Crippen LogP contribution in [0.5, 0.6) is 11.5 Å². The number of carbonyl (C=O) groups excluding carboxylic acids is 1. The van der Waals surface area contributed by atoms with Crippen molar-refractivity contribution in [2.75, 3.05) is 24.9 Å². The number of pyridine rings is 2. The number of benzene rings is 5. The van der Waals surface area contributed by atoms with Gasteiger partial charge in [0.1, 0.15) is 29.9 Å². The Balaban J connectivity index is 0.000000193. The van der Waals surface area contributed by atoms with Gasteiger partial charge in [-0.05, 0) is 47.5 Å². The van der Waals surface area contributed by atoms with Crippen LogP contribution in [0, 0.1) is 22.7 Å². The second kappa shape index (κ2) is 17.3. The molecule has 14 heteroatoms. The van der Waals surface area contributed by atoms with Gasteiger partial charge in [0, 0.05) is 45.3 Å². The number of rotatable bonds is 8. The fourth-order valence-corrected chi connectivity index (χ4v) is 6.93. The number of halogens is 5. The zero-order valence-electron chi connectivity index (χ0n) is 28.7. The van der Waals surface area contributed by atoms with Crippen LogP contribution in [-0.2, 0) is 0 Å². The van der Waals surface area contributed by atoms with E-state index < -0.39 is 0 Å². The molecule has 0 fully saturated rings. The van der Waals surface area contributed by atoms with Crippen molar-refractivity contribution in [2.45, 2.75) is 0 Å². The number of nitriles is 2. The number of aromatic nitrogens is 2. The predicted octanol–water partition coefficient (Wildman–Crippen LogP) is 12.6. The molecule has 0 amide bonds. The van der Waals surface area contributed by atoms with E-state index in [0.29, 0.717) is 76.5 Å². The van der Waals surface area contributed by atoms with Crippen molar-refractivity contribution < 1.29 is 14.3 Å². The van der Waals surface area contributed by atoms with E-state index in [0.717, 1.165) is 38.2 Å². The number of ether oxygens (including phenoxy) is 2. The van der Waals surface area contributed by atoms with Crippen molar-refractivity contribution >= 4 is 113 Å². The largest absolute Gasteiger partial charge is 0.495 e. The van der Waals surface area contributed by atoms with Gasteiger partial charge >= 0.3 is 0 Å². The highest BCUT2D eigenvalue weighted by Crippen LogP contribution is 2.40. The summed E-state index contributed by atoms with van der Waals surface area (Å²) >= 11 is 28.3. The third-order valence-electron chi connectivity index (χ3n) is 8.32. The van der Waals surface area contributed by atoms with Crippen molar-refractivity contribution in [3.63, 3.8) is 0 Å². The van der Waals surface area contributed by atoms with E-state index in [1.165, 1.54) is 26.6 Å². The Morgan fingerprint density at radius 1 is 0.636 bits per heavy atom. The average molecular weight is 871 g/mol. The Labute approximate surface area is 344 Å². The standard InChI is InChI=1S/C24H15Cl2N3O2.C17H10BrCl2N3O/c1-31-23-10-22(19(25)9-20(23)26)29-24-17(11-27)12-28-21-8-16(6-7-18(21)24)15-4-2-14(13-30)3-5-15;1-24-16-6-15(12(19)5-13(16)20)23-17-9(7-21)8-22-14-4-10(18)2-3-11(14)17/h2-10,12-13H,1H3,(H,28,29);2-6,8H,1H3,(H,22,23). The van der Waals surface area contributed by atoms with E-state index in [2.05, 4.69) is 48.7 Å². The number of aldehydes is 1. The maximum absolute atomic E-state index is 10.9. The van der Waals surface area contributed by atoms with Crippen LogP contribution in [0.25, 0.3) is 32.9 Å². The molecule has 5 aromatic carbocycles. The van der Waals surface area contributed by atoms with Gasteiger partial charge in [0.2, 0.25) is 0 Å². The normalized spacial score (nSPS) is 10.5. The highest BCUT2D eigenvalue weighted by atomic mass is 79.9. The predicted molar refractivity (Wildman–Crippen MR) is 224 cm³/mol. The monoisotopic (exact) mass is 868 g/mol. The second-order valence-corrected chi connectivity index (χ2v) is 14.2. The lowest BCUT2D eigenvalue weighted by molar-refractivity contribution is 0.112. The zero-order chi connectivity index (χ0) is 39.2. The van der Waals surface area contributed by atoms with E-state index in [4.69, 9.17) is 55.9 Å². The lowest BCUT2D eigenvalue weighted by Crippen LogP contribution is -1.98. The first-order valence-electron chi connectivity index (χ1n) is 16.0. The van der Waals surface area contributed by atoms with Gasteiger partial charge in [-0.15, -0.1) is 0 Å². The van der Waals surface area contributed by atoms with Gasteiger partial charge in [-0.3, -0.25) is 14.8 Å². The van der Waals surface area contributed by atoms with E-state index in [1.54, 1.807) is 36.4 Å². The van der Waals surface area contributed by atoms with Crippen LogP contribution < -0.4 is 20.1 Å². The van der Waals surface area contributed by atoms with Crippen molar-refractivity contribution in [1.82, 2.24) is 9.97 Å². The highest BCUT2D eigenvalue weighted by molar-refractivity contribution is 9.10. The number of carbonyl (C=O) groups is 1. The smallest absolute Gasteiger partial charge is 0.150 e. The second-order valence-electron chi connectivity index (χ2n) is 11.6. The number of anilines is 4. The Hall–Kier alpha value is -5.59. The van der Waals surface area contributed by atoms with E-state index in [-0.39, 0.29) is 0 Å². The Kier molecular flexibility index (Phi) is 12.3. The van der Waals surface area contributed by atoms with Crippen molar-refractivity contribution in [2.24, 2.45) is 0 Å². The Morgan fingerprint density at radius 3 is 1.58 bits per heavy atom. The number of nitrogens with zero attached hydrogens (tertiary/aromatic N) is 4. The van der Waals surface area contributed by atoms with Gasteiger partial charge in [-0.25, -0.2) is 0 Å². The maximum atomic E-state index is 10.9. The van der Waals surface area contributed by atoms with Gasteiger partial charge < -0.3 is 20.1 Å². The number of fused-ring (bicyclic) bond motifs is 2. The third-order valence-corrected chi connectivity index (χ3v) is 10.0. The SMILES string of the molecule is COc1cc(Nc2c(C#N)cnc3cc(-c4ccc(C=O)cc4)ccc23)c(Cl)cc1Cl.COc1cc(Nc2c(C#N)cnc3cc(Br)ccc23)c(Cl)cc1Cl. The minimum Gasteiger partial charge on any atom is -0.495 e. The molecule has 272 valence electrons.